The van der Waals surface area contributed by atoms with Crippen LogP contribution in [-0.4, -0.2) is 6.29 Å². The summed E-state index contributed by atoms with van der Waals surface area (Å²) in [4.78, 5) is 11.3. The van der Waals surface area contributed by atoms with Gasteiger partial charge in [-0.2, -0.15) is 0 Å². The minimum atomic E-state index is 0.431. The lowest BCUT2D eigenvalue weighted by molar-refractivity contribution is -0.103. The molecule has 1 aromatic rings. The smallest absolute Gasteiger partial charge is 0.150 e. The Hall–Kier alpha value is -1.37. The number of carbonyl (C=O) groups is 1. The van der Waals surface area contributed by atoms with Crippen LogP contribution in [0.25, 0.3) is 5.57 Å². The second-order valence-electron chi connectivity index (χ2n) is 4.33. The number of hydrogen-bond acceptors (Lipinski definition) is 1. The lowest BCUT2D eigenvalue weighted by Crippen LogP contribution is -2.00. The highest BCUT2D eigenvalue weighted by atomic mass is 16.1. The minimum Gasteiger partial charge on any atom is -0.298 e. The zero-order valence-electron chi connectivity index (χ0n) is 10.4. The van der Waals surface area contributed by atoms with E-state index >= 15 is 0 Å². The first kappa shape index (κ1) is 12.7. The SMILES string of the molecule is CCCC(=C(C=O)c1ccccc1)C(C)C. The molecule has 0 bridgehead atoms. The van der Waals surface area contributed by atoms with Gasteiger partial charge < -0.3 is 0 Å². The van der Waals surface area contributed by atoms with Crippen LogP contribution in [0.1, 0.15) is 39.2 Å². The van der Waals surface area contributed by atoms with E-state index in [0.717, 1.165) is 30.3 Å². The summed E-state index contributed by atoms with van der Waals surface area (Å²) < 4.78 is 0. The molecule has 16 heavy (non-hydrogen) atoms. The topological polar surface area (TPSA) is 17.1 Å². The van der Waals surface area contributed by atoms with Gasteiger partial charge in [-0.05, 0) is 17.9 Å². The third kappa shape index (κ3) is 3.06. The number of carbonyl (C=O) groups excluding carboxylic acids is 1. The maximum Gasteiger partial charge on any atom is 0.150 e. The van der Waals surface area contributed by atoms with Gasteiger partial charge in [0.25, 0.3) is 0 Å². The molecule has 86 valence electrons. The van der Waals surface area contributed by atoms with E-state index in [1.807, 2.05) is 30.3 Å². The quantitative estimate of drug-likeness (QED) is 0.535. The molecule has 1 aromatic carbocycles. The van der Waals surface area contributed by atoms with Gasteiger partial charge in [-0.15, -0.1) is 0 Å². The fourth-order valence-electron chi connectivity index (χ4n) is 1.95. The highest BCUT2D eigenvalue weighted by Crippen LogP contribution is 2.25. The fraction of sp³-hybridized carbons (Fsp3) is 0.400. The molecule has 0 amide bonds. The highest BCUT2D eigenvalue weighted by molar-refractivity contribution is 6.08. The van der Waals surface area contributed by atoms with Crippen LogP contribution >= 0.6 is 0 Å². The number of allylic oxidation sites excluding steroid dienone is 2. The number of benzene rings is 1. The van der Waals surface area contributed by atoms with Gasteiger partial charge in [0.2, 0.25) is 0 Å². The maximum absolute atomic E-state index is 11.3. The predicted octanol–water partition coefficient (Wildman–Crippen LogP) is 4.10. The van der Waals surface area contributed by atoms with Crippen molar-refractivity contribution in [3.05, 3.63) is 41.5 Å². The van der Waals surface area contributed by atoms with Gasteiger partial charge in [0.05, 0.1) is 0 Å². The van der Waals surface area contributed by atoms with Crippen molar-refractivity contribution in [2.45, 2.75) is 33.6 Å². The Morgan fingerprint density at radius 2 is 1.88 bits per heavy atom. The van der Waals surface area contributed by atoms with Crippen LogP contribution in [0.3, 0.4) is 0 Å². The molecule has 0 radical (unpaired) electrons. The largest absolute Gasteiger partial charge is 0.298 e. The summed E-state index contributed by atoms with van der Waals surface area (Å²) in [6.45, 7) is 6.45. The third-order valence-corrected chi connectivity index (χ3v) is 2.76. The average molecular weight is 216 g/mol. The Morgan fingerprint density at radius 3 is 2.31 bits per heavy atom. The zero-order valence-corrected chi connectivity index (χ0v) is 10.4. The van der Waals surface area contributed by atoms with Gasteiger partial charge in [0.15, 0.2) is 6.29 Å². The van der Waals surface area contributed by atoms with E-state index < -0.39 is 0 Å². The van der Waals surface area contributed by atoms with Crippen molar-refractivity contribution in [2.75, 3.05) is 0 Å². The molecular formula is C15H20O. The van der Waals surface area contributed by atoms with E-state index in [9.17, 15) is 4.79 Å². The van der Waals surface area contributed by atoms with Crippen LogP contribution in [0.15, 0.2) is 35.9 Å². The van der Waals surface area contributed by atoms with E-state index in [4.69, 9.17) is 0 Å². The average Bonchev–Trinajstić information content (AvgIpc) is 2.30. The Labute approximate surface area is 98.2 Å². The molecule has 0 aliphatic heterocycles. The molecule has 0 aliphatic rings. The molecule has 0 unspecified atom stereocenters. The molecule has 1 nitrogen and oxygen atoms in total. The van der Waals surface area contributed by atoms with Crippen LogP contribution in [0, 0.1) is 5.92 Å². The van der Waals surface area contributed by atoms with E-state index in [1.165, 1.54) is 5.57 Å². The molecule has 0 aromatic heterocycles. The molecule has 0 spiro atoms. The Morgan fingerprint density at radius 1 is 1.25 bits per heavy atom. The summed E-state index contributed by atoms with van der Waals surface area (Å²) >= 11 is 0. The summed E-state index contributed by atoms with van der Waals surface area (Å²) in [5.74, 6) is 0.431. The molecule has 0 aliphatic carbocycles. The van der Waals surface area contributed by atoms with E-state index in [1.54, 1.807) is 0 Å². The van der Waals surface area contributed by atoms with Crippen LogP contribution in [0.4, 0.5) is 0 Å². The van der Waals surface area contributed by atoms with Gasteiger partial charge in [0.1, 0.15) is 0 Å². The molecule has 0 saturated carbocycles. The van der Waals surface area contributed by atoms with Crippen LogP contribution in [-0.2, 0) is 4.79 Å². The van der Waals surface area contributed by atoms with Crippen molar-refractivity contribution in [3.8, 4) is 0 Å². The summed E-state index contributed by atoms with van der Waals surface area (Å²) in [5, 5.41) is 0. The number of rotatable bonds is 5. The van der Waals surface area contributed by atoms with Crippen LogP contribution in [0.2, 0.25) is 0 Å². The van der Waals surface area contributed by atoms with Crippen molar-refractivity contribution in [1.29, 1.82) is 0 Å². The third-order valence-electron chi connectivity index (χ3n) is 2.76. The van der Waals surface area contributed by atoms with Gasteiger partial charge in [0, 0.05) is 5.57 Å². The molecule has 0 fully saturated rings. The van der Waals surface area contributed by atoms with E-state index in [-0.39, 0.29) is 0 Å². The molecule has 1 rings (SSSR count). The van der Waals surface area contributed by atoms with Crippen LogP contribution < -0.4 is 0 Å². The maximum atomic E-state index is 11.3. The second-order valence-corrected chi connectivity index (χ2v) is 4.33. The molecule has 0 saturated heterocycles. The van der Waals surface area contributed by atoms with E-state index in [2.05, 4.69) is 20.8 Å². The number of hydrogen-bond donors (Lipinski definition) is 0. The zero-order chi connectivity index (χ0) is 12.0. The second kappa shape index (κ2) is 6.26. The normalized spacial score (nSPS) is 12.5. The monoisotopic (exact) mass is 216 g/mol. The molecular weight excluding hydrogens is 196 g/mol. The summed E-state index contributed by atoms with van der Waals surface area (Å²) in [7, 11) is 0. The van der Waals surface area contributed by atoms with Crippen molar-refractivity contribution in [1.82, 2.24) is 0 Å². The molecule has 1 heteroatoms. The van der Waals surface area contributed by atoms with Gasteiger partial charge in [-0.3, -0.25) is 4.79 Å². The highest BCUT2D eigenvalue weighted by Gasteiger charge is 2.11. The Kier molecular flexibility index (Phi) is 4.97. The summed E-state index contributed by atoms with van der Waals surface area (Å²) in [6, 6.07) is 9.93. The van der Waals surface area contributed by atoms with E-state index in [0.29, 0.717) is 5.92 Å². The molecule has 0 heterocycles. The fourth-order valence-corrected chi connectivity index (χ4v) is 1.95. The van der Waals surface area contributed by atoms with Gasteiger partial charge in [-0.1, -0.05) is 63.1 Å². The number of aldehydes is 1. The van der Waals surface area contributed by atoms with Gasteiger partial charge >= 0.3 is 0 Å². The standard InChI is InChI=1S/C15H20O/c1-4-8-14(12(2)3)15(11-16)13-9-6-5-7-10-13/h5-7,9-12H,4,8H2,1-3H3. The Bertz CT molecular complexity index is 360. The van der Waals surface area contributed by atoms with Crippen LogP contribution in [0.5, 0.6) is 0 Å². The van der Waals surface area contributed by atoms with Crippen molar-refractivity contribution in [3.63, 3.8) is 0 Å². The summed E-state index contributed by atoms with van der Waals surface area (Å²) in [6.07, 6.45) is 3.08. The first-order chi connectivity index (χ1) is 7.70. The molecule has 0 N–H and O–H groups in total. The predicted molar refractivity (Wildman–Crippen MR) is 69.2 cm³/mol. The Balaban J connectivity index is 3.20. The van der Waals surface area contributed by atoms with Crippen molar-refractivity contribution in [2.24, 2.45) is 5.92 Å². The first-order valence-corrected chi connectivity index (χ1v) is 5.94. The summed E-state index contributed by atoms with van der Waals surface area (Å²) in [5.41, 5.74) is 3.18. The first-order valence-electron chi connectivity index (χ1n) is 5.94. The molecule has 0 atom stereocenters. The minimum absolute atomic E-state index is 0.431. The van der Waals surface area contributed by atoms with Crippen molar-refractivity contribution < 1.29 is 4.79 Å². The lowest BCUT2D eigenvalue weighted by atomic mass is 9.90. The lowest BCUT2D eigenvalue weighted by Gasteiger charge is -2.14. The van der Waals surface area contributed by atoms with Gasteiger partial charge in [-0.25, -0.2) is 0 Å². The van der Waals surface area contributed by atoms with Crippen molar-refractivity contribution >= 4 is 11.9 Å².